The van der Waals surface area contributed by atoms with Gasteiger partial charge in [-0.1, -0.05) is 0 Å². The van der Waals surface area contributed by atoms with Crippen LogP contribution in [0.1, 0.15) is 12.8 Å². The lowest BCUT2D eigenvalue weighted by molar-refractivity contribution is -0.146. The Morgan fingerprint density at radius 3 is 2.65 bits per heavy atom. The first-order valence-electron chi connectivity index (χ1n) is 5.94. The lowest BCUT2D eigenvalue weighted by Crippen LogP contribution is -2.49. The summed E-state index contributed by atoms with van der Waals surface area (Å²) in [5.74, 6) is -1.08. The van der Waals surface area contributed by atoms with Gasteiger partial charge in [0.25, 0.3) is 0 Å². The highest BCUT2D eigenvalue weighted by molar-refractivity contribution is 5.83. The van der Waals surface area contributed by atoms with Crippen LogP contribution in [-0.4, -0.2) is 53.6 Å². The van der Waals surface area contributed by atoms with Crippen molar-refractivity contribution in [3.8, 4) is 0 Å². The fourth-order valence-corrected chi connectivity index (χ4v) is 3.61. The average Bonchev–Trinajstić information content (AvgIpc) is 2.81. The standard InChI is InChI=1S/C12H19NO4/c1-13(2)11(16)10-7-3-9(8(10)5-14)12(17,4-7)6-15/h5,7-10,15,17H,3-4,6H2,1-2H3. The van der Waals surface area contributed by atoms with Crippen LogP contribution in [0.25, 0.3) is 0 Å². The molecule has 2 rings (SSSR count). The summed E-state index contributed by atoms with van der Waals surface area (Å²) in [7, 11) is 3.35. The number of fused-ring (bicyclic) bond motifs is 2. The van der Waals surface area contributed by atoms with Gasteiger partial charge in [-0.15, -0.1) is 0 Å². The minimum Gasteiger partial charge on any atom is -0.393 e. The number of hydrogen-bond acceptors (Lipinski definition) is 4. The van der Waals surface area contributed by atoms with Gasteiger partial charge in [0.05, 0.1) is 18.1 Å². The Hall–Kier alpha value is -0.940. The van der Waals surface area contributed by atoms with E-state index in [0.717, 1.165) is 6.29 Å². The molecular weight excluding hydrogens is 222 g/mol. The number of aliphatic hydroxyl groups is 2. The van der Waals surface area contributed by atoms with E-state index in [-0.39, 0.29) is 30.3 Å². The maximum atomic E-state index is 12.0. The smallest absolute Gasteiger partial charge is 0.226 e. The lowest BCUT2D eigenvalue weighted by Gasteiger charge is -2.38. The van der Waals surface area contributed by atoms with Gasteiger partial charge in [0.15, 0.2) is 0 Å². The van der Waals surface area contributed by atoms with Crippen molar-refractivity contribution in [1.29, 1.82) is 0 Å². The van der Waals surface area contributed by atoms with Crippen LogP contribution in [0.4, 0.5) is 0 Å². The van der Waals surface area contributed by atoms with E-state index < -0.39 is 11.5 Å². The first-order valence-corrected chi connectivity index (χ1v) is 5.94. The van der Waals surface area contributed by atoms with E-state index in [9.17, 15) is 19.8 Å². The Labute approximate surface area is 100 Å². The molecule has 5 atom stereocenters. The first kappa shape index (κ1) is 12.5. The summed E-state index contributed by atoms with van der Waals surface area (Å²) in [4.78, 5) is 24.7. The molecule has 2 aliphatic rings. The Morgan fingerprint density at radius 1 is 1.53 bits per heavy atom. The molecule has 2 saturated carbocycles. The average molecular weight is 241 g/mol. The second-order valence-corrected chi connectivity index (χ2v) is 5.54. The summed E-state index contributed by atoms with van der Waals surface area (Å²) in [6.07, 6.45) is 1.85. The van der Waals surface area contributed by atoms with Crippen molar-refractivity contribution in [3.05, 3.63) is 0 Å². The largest absolute Gasteiger partial charge is 0.393 e. The van der Waals surface area contributed by atoms with Crippen molar-refractivity contribution in [2.24, 2.45) is 23.7 Å². The Kier molecular flexibility index (Phi) is 2.99. The van der Waals surface area contributed by atoms with Crippen LogP contribution in [0, 0.1) is 23.7 Å². The zero-order valence-electron chi connectivity index (χ0n) is 10.2. The lowest BCUT2D eigenvalue weighted by atomic mass is 9.72. The zero-order valence-corrected chi connectivity index (χ0v) is 10.2. The molecule has 0 heterocycles. The van der Waals surface area contributed by atoms with Crippen molar-refractivity contribution >= 4 is 12.2 Å². The number of rotatable bonds is 3. The third-order valence-electron chi connectivity index (χ3n) is 4.41. The molecule has 5 unspecified atom stereocenters. The molecule has 0 aliphatic heterocycles. The number of amides is 1. The van der Waals surface area contributed by atoms with E-state index >= 15 is 0 Å². The molecule has 2 N–H and O–H groups in total. The third-order valence-corrected chi connectivity index (χ3v) is 4.41. The van der Waals surface area contributed by atoms with Crippen molar-refractivity contribution in [2.75, 3.05) is 20.7 Å². The molecule has 2 bridgehead atoms. The highest BCUT2D eigenvalue weighted by Gasteiger charge is 2.61. The minimum absolute atomic E-state index is 0.0160. The van der Waals surface area contributed by atoms with Gasteiger partial charge >= 0.3 is 0 Å². The number of aliphatic hydroxyl groups excluding tert-OH is 1. The van der Waals surface area contributed by atoms with Gasteiger partial charge in [0.2, 0.25) is 5.91 Å². The van der Waals surface area contributed by atoms with Crippen molar-refractivity contribution in [3.63, 3.8) is 0 Å². The van der Waals surface area contributed by atoms with Crippen LogP contribution in [-0.2, 0) is 9.59 Å². The molecule has 0 aromatic carbocycles. The quantitative estimate of drug-likeness (QED) is 0.639. The SMILES string of the molecule is CN(C)C(=O)C1C2CC(C1C=O)C(O)(CO)C2. The fourth-order valence-electron chi connectivity index (χ4n) is 3.61. The molecule has 0 aromatic rings. The minimum atomic E-state index is -1.17. The van der Waals surface area contributed by atoms with Gasteiger partial charge in [-0.2, -0.15) is 0 Å². The number of carbonyl (C=O) groups is 2. The van der Waals surface area contributed by atoms with E-state index in [1.807, 2.05) is 0 Å². The van der Waals surface area contributed by atoms with E-state index in [1.165, 1.54) is 4.90 Å². The van der Waals surface area contributed by atoms with E-state index in [2.05, 4.69) is 0 Å². The van der Waals surface area contributed by atoms with Gasteiger partial charge in [-0.05, 0) is 18.8 Å². The topological polar surface area (TPSA) is 77.8 Å². The summed E-state index contributed by atoms with van der Waals surface area (Å²) < 4.78 is 0. The summed E-state index contributed by atoms with van der Waals surface area (Å²) in [5, 5.41) is 19.4. The van der Waals surface area contributed by atoms with Crippen molar-refractivity contribution < 1.29 is 19.8 Å². The van der Waals surface area contributed by atoms with Gasteiger partial charge in [-0.3, -0.25) is 4.79 Å². The van der Waals surface area contributed by atoms with Crippen LogP contribution >= 0.6 is 0 Å². The predicted octanol–water partition coefficient (Wildman–Crippen LogP) is -0.731. The first-order chi connectivity index (χ1) is 7.94. The summed E-state index contributed by atoms with van der Waals surface area (Å²) in [6.45, 7) is -0.332. The summed E-state index contributed by atoms with van der Waals surface area (Å²) in [6, 6.07) is 0. The second-order valence-electron chi connectivity index (χ2n) is 5.54. The molecule has 96 valence electrons. The molecule has 0 radical (unpaired) electrons. The maximum Gasteiger partial charge on any atom is 0.226 e. The van der Waals surface area contributed by atoms with Crippen LogP contribution in [0.3, 0.4) is 0 Å². The van der Waals surface area contributed by atoms with Crippen LogP contribution < -0.4 is 0 Å². The number of aldehydes is 1. The number of hydrogen-bond donors (Lipinski definition) is 2. The Bertz CT molecular complexity index is 343. The summed E-state index contributed by atoms with van der Waals surface area (Å²) >= 11 is 0. The van der Waals surface area contributed by atoms with Gasteiger partial charge in [-0.25, -0.2) is 0 Å². The second kappa shape index (κ2) is 4.07. The molecule has 0 saturated heterocycles. The van der Waals surface area contributed by atoms with Gasteiger partial charge < -0.3 is 19.9 Å². The zero-order chi connectivity index (χ0) is 12.8. The van der Waals surface area contributed by atoms with Gasteiger partial charge in [0, 0.05) is 25.9 Å². The highest BCUT2D eigenvalue weighted by atomic mass is 16.3. The molecule has 2 aliphatic carbocycles. The molecule has 1 amide bonds. The molecular formula is C12H19NO4. The Morgan fingerprint density at radius 2 is 2.18 bits per heavy atom. The molecule has 2 fully saturated rings. The van der Waals surface area contributed by atoms with Gasteiger partial charge in [0.1, 0.15) is 6.29 Å². The normalized spacial score (nSPS) is 43.8. The van der Waals surface area contributed by atoms with Crippen molar-refractivity contribution in [2.45, 2.75) is 18.4 Å². The molecule has 0 spiro atoms. The molecule has 5 heteroatoms. The monoisotopic (exact) mass is 241 g/mol. The number of nitrogens with zero attached hydrogens (tertiary/aromatic N) is 1. The van der Waals surface area contributed by atoms with Crippen molar-refractivity contribution in [1.82, 2.24) is 4.90 Å². The number of carbonyl (C=O) groups excluding carboxylic acids is 2. The highest BCUT2D eigenvalue weighted by Crippen LogP contribution is 2.56. The predicted molar refractivity (Wildman–Crippen MR) is 60.0 cm³/mol. The molecule has 0 aromatic heterocycles. The fraction of sp³-hybridized carbons (Fsp3) is 0.833. The molecule has 5 nitrogen and oxygen atoms in total. The third kappa shape index (κ3) is 1.68. The van der Waals surface area contributed by atoms with E-state index in [1.54, 1.807) is 14.1 Å². The van der Waals surface area contributed by atoms with E-state index in [4.69, 9.17) is 0 Å². The van der Waals surface area contributed by atoms with Crippen LogP contribution in [0.5, 0.6) is 0 Å². The summed E-state index contributed by atoms with van der Waals surface area (Å²) in [5.41, 5.74) is -1.17. The molecule has 17 heavy (non-hydrogen) atoms. The van der Waals surface area contributed by atoms with E-state index in [0.29, 0.717) is 12.8 Å². The van der Waals surface area contributed by atoms with Crippen LogP contribution in [0.15, 0.2) is 0 Å². The Balaban J connectivity index is 2.25. The van der Waals surface area contributed by atoms with Crippen LogP contribution in [0.2, 0.25) is 0 Å². The maximum absolute atomic E-state index is 12.0.